The number of hydrogen-bond acceptors (Lipinski definition) is 3. The molecule has 0 amide bonds. The van der Waals surface area contributed by atoms with E-state index in [0.717, 1.165) is 32.1 Å². The molecule has 2 rings (SSSR count). The van der Waals surface area contributed by atoms with Gasteiger partial charge >= 0.3 is 0 Å². The Bertz CT molecular complexity index is 625. The zero-order valence-corrected chi connectivity index (χ0v) is 13.8. The van der Waals surface area contributed by atoms with Gasteiger partial charge in [0.25, 0.3) is 0 Å². The predicted molar refractivity (Wildman–Crippen MR) is 83.7 cm³/mol. The molecule has 0 saturated heterocycles. The van der Waals surface area contributed by atoms with Crippen LogP contribution in [0.2, 0.25) is 5.02 Å². The molecular formula is C14H17Cl2NO3S. The molecule has 1 N–H and O–H groups in total. The molecule has 0 heterocycles. The SMILES string of the molecule is O=C(CCl)c1ccc(Cl)c(S(=O)(=O)NC2CCCCC2)c1. The Morgan fingerprint density at radius 2 is 1.90 bits per heavy atom. The number of Topliss-reactive ketones (excluding diaryl/α,β-unsaturated/α-hetero) is 1. The highest BCUT2D eigenvalue weighted by Gasteiger charge is 2.24. The van der Waals surface area contributed by atoms with Crippen molar-refractivity contribution in [2.75, 3.05) is 5.88 Å². The topological polar surface area (TPSA) is 63.2 Å². The summed E-state index contributed by atoms with van der Waals surface area (Å²) in [6.45, 7) is 0. The van der Waals surface area contributed by atoms with Gasteiger partial charge in [-0.2, -0.15) is 0 Å². The van der Waals surface area contributed by atoms with Gasteiger partial charge in [0.1, 0.15) is 4.90 Å². The lowest BCUT2D eigenvalue weighted by atomic mass is 9.96. The summed E-state index contributed by atoms with van der Waals surface area (Å²) in [7, 11) is -3.73. The van der Waals surface area contributed by atoms with Crippen LogP contribution in [0.5, 0.6) is 0 Å². The first-order chi connectivity index (χ1) is 9.94. The van der Waals surface area contributed by atoms with Crippen molar-refractivity contribution >= 4 is 39.0 Å². The van der Waals surface area contributed by atoms with Crippen molar-refractivity contribution in [3.8, 4) is 0 Å². The number of benzene rings is 1. The Hall–Kier alpha value is -0.620. The third-order valence-electron chi connectivity index (χ3n) is 3.59. The second kappa shape index (κ2) is 7.09. The van der Waals surface area contributed by atoms with Gasteiger partial charge in [-0.25, -0.2) is 13.1 Å². The molecule has 0 radical (unpaired) electrons. The lowest BCUT2D eigenvalue weighted by Gasteiger charge is -2.23. The smallest absolute Gasteiger partial charge is 0.242 e. The monoisotopic (exact) mass is 349 g/mol. The molecule has 7 heteroatoms. The van der Waals surface area contributed by atoms with Crippen molar-refractivity contribution in [1.29, 1.82) is 0 Å². The summed E-state index contributed by atoms with van der Waals surface area (Å²) in [6.07, 6.45) is 4.84. The number of nitrogens with one attached hydrogen (secondary N) is 1. The van der Waals surface area contributed by atoms with Gasteiger partial charge in [0.05, 0.1) is 10.9 Å². The highest BCUT2D eigenvalue weighted by molar-refractivity contribution is 7.89. The molecule has 1 aromatic rings. The molecule has 0 aliphatic heterocycles. The van der Waals surface area contributed by atoms with Crippen LogP contribution >= 0.6 is 23.2 Å². The van der Waals surface area contributed by atoms with Gasteiger partial charge in [0.2, 0.25) is 10.0 Å². The first kappa shape index (κ1) is 16.7. The first-order valence-electron chi connectivity index (χ1n) is 6.85. The van der Waals surface area contributed by atoms with Gasteiger partial charge in [-0.1, -0.05) is 30.9 Å². The number of alkyl halides is 1. The number of ketones is 1. The highest BCUT2D eigenvalue weighted by atomic mass is 35.5. The van der Waals surface area contributed by atoms with Crippen LogP contribution in [0.25, 0.3) is 0 Å². The molecule has 0 atom stereocenters. The fourth-order valence-electron chi connectivity index (χ4n) is 2.46. The molecule has 1 fully saturated rings. The molecule has 0 bridgehead atoms. The second-order valence-electron chi connectivity index (χ2n) is 5.16. The Morgan fingerprint density at radius 1 is 1.24 bits per heavy atom. The van der Waals surface area contributed by atoms with E-state index in [1.807, 2.05) is 0 Å². The van der Waals surface area contributed by atoms with Crippen molar-refractivity contribution in [3.05, 3.63) is 28.8 Å². The molecule has 0 spiro atoms. The number of rotatable bonds is 5. The zero-order valence-electron chi connectivity index (χ0n) is 11.4. The minimum atomic E-state index is -3.73. The molecule has 1 aliphatic rings. The van der Waals surface area contributed by atoms with Gasteiger partial charge in [0, 0.05) is 11.6 Å². The molecule has 1 aliphatic carbocycles. The van der Waals surface area contributed by atoms with Gasteiger partial charge in [0.15, 0.2) is 5.78 Å². The Balaban J connectivity index is 2.27. The highest BCUT2D eigenvalue weighted by Crippen LogP contribution is 2.25. The van der Waals surface area contributed by atoms with Crippen LogP contribution in [0, 0.1) is 0 Å². The average molecular weight is 350 g/mol. The minimum absolute atomic E-state index is 0.0628. The van der Waals surface area contributed by atoms with Crippen LogP contribution in [0.1, 0.15) is 42.5 Å². The van der Waals surface area contributed by atoms with E-state index in [2.05, 4.69) is 4.72 Å². The second-order valence-corrected chi connectivity index (χ2v) is 7.52. The lowest BCUT2D eigenvalue weighted by molar-refractivity contribution is 0.102. The predicted octanol–water partition coefficient (Wildman–Crippen LogP) is 3.37. The van der Waals surface area contributed by atoms with E-state index in [0.29, 0.717) is 0 Å². The summed E-state index contributed by atoms with van der Waals surface area (Å²) in [6, 6.07) is 4.12. The number of carbonyl (C=O) groups is 1. The summed E-state index contributed by atoms with van der Waals surface area (Å²) in [5, 5.41) is 0.101. The minimum Gasteiger partial charge on any atom is -0.293 e. The maximum atomic E-state index is 12.4. The van der Waals surface area contributed by atoms with E-state index in [-0.39, 0.29) is 33.2 Å². The average Bonchev–Trinajstić information content (AvgIpc) is 2.47. The molecule has 21 heavy (non-hydrogen) atoms. The van der Waals surface area contributed by atoms with E-state index in [1.54, 1.807) is 0 Å². The number of sulfonamides is 1. The largest absolute Gasteiger partial charge is 0.293 e. The van der Waals surface area contributed by atoms with E-state index in [9.17, 15) is 13.2 Å². The summed E-state index contributed by atoms with van der Waals surface area (Å²) >= 11 is 11.5. The van der Waals surface area contributed by atoms with Crippen molar-refractivity contribution < 1.29 is 13.2 Å². The van der Waals surface area contributed by atoms with Crippen molar-refractivity contribution in [1.82, 2.24) is 4.72 Å². The molecule has 4 nitrogen and oxygen atoms in total. The first-order valence-corrected chi connectivity index (χ1v) is 9.24. The van der Waals surface area contributed by atoms with Crippen molar-refractivity contribution in [2.45, 2.75) is 43.0 Å². The van der Waals surface area contributed by atoms with Gasteiger partial charge in [-0.05, 0) is 31.0 Å². The number of carbonyl (C=O) groups excluding carboxylic acids is 1. The molecule has 1 aromatic carbocycles. The summed E-state index contributed by atoms with van der Waals surface area (Å²) in [5.74, 6) is -0.528. The van der Waals surface area contributed by atoms with Gasteiger partial charge < -0.3 is 0 Å². The number of halogens is 2. The maximum absolute atomic E-state index is 12.4. The van der Waals surface area contributed by atoms with E-state index in [1.165, 1.54) is 18.2 Å². The lowest BCUT2D eigenvalue weighted by Crippen LogP contribution is -2.36. The van der Waals surface area contributed by atoms with Crippen LogP contribution in [0.3, 0.4) is 0 Å². The van der Waals surface area contributed by atoms with Crippen LogP contribution in [0.4, 0.5) is 0 Å². The summed E-state index contributed by atoms with van der Waals surface area (Å²) < 4.78 is 27.6. The van der Waals surface area contributed by atoms with Crippen LogP contribution in [0.15, 0.2) is 23.1 Å². The fraction of sp³-hybridized carbons (Fsp3) is 0.500. The Morgan fingerprint density at radius 3 is 2.52 bits per heavy atom. The fourth-order valence-corrected chi connectivity index (χ4v) is 4.45. The third kappa shape index (κ3) is 4.19. The number of hydrogen-bond donors (Lipinski definition) is 1. The summed E-state index contributed by atoms with van der Waals surface area (Å²) in [5.41, 5.74) is 0.249. The molecule has 116 valence electrons. The van der Waals surface area contributed by atoms with Crippen molar-refractivity contribution in [3.63, 3.8) is 0 Å². The Labute approximate surface area is 134 Å². The normalized spacial score (nSPS) is 16.9. The van der Waals surface area contributed by atoms with E-state index < -0.39 is 10.0 Å². The molecular weight excluding hydrogens is 333 g/mol. The molecule has 0 aromatic heterocycles. The van der Waals surface area contributed by atoms with Crippen molar-refractivity contribution in [2.24, 2.45) is 0 Å². The summed E-state index contributed by atoms with van der Waals surface area (Å²) in [4.78, 5) is 11.5. The van der Waals surface area contributed by atoms with Crippen LogP contribution < -0.4 is 4.72 Å². The third-order valence-corrected chi connectivity index (χ3v) is 5.84. The molecule has 1 saturated carbocycles. The quantitative estimate of drug-likeness (QED) is 0.654. The van der Waals surface area contributed by atoms with Crippen LogP contribution in [-0.4, -0.2) is 26.1 Å². The van der Waals surface area contributed by atoms with E-state index >= 15 is 0 Å². The standard InChI is InChI=1S/C14H17Cl2NO3S/c15-9-13(18)10-6-7-12(16)14(8-10)21(19,20)17-11-4-2-1-3-5-11/h6-8,11,17H,1-5,9H2. The van der Waals surface area contributed by atoms with E-state index in [4.69, 9.17) is 23.2 Å². The van der Waals surface area contributed by atoms with Crippen LogP contribution in [-0.2, 0) is 10.0 Å². The van der Waals surface area contributed by atoms with Gasteiger partial charge in [-0.15, -0.1) is 11.6 Å². The molecule has 0 unspecified atom stereocenters. The maximum Gasteiger partial charge on any atom is 0.242 e. The van der Waals surface area contributed by atoms with Gasteiger partial charge in [-0.3, -0.25) is 4.79 Å². The zero-order chi connectivity index (χ0) is 15.5. The Kier molecular flexibility index (Phi) is 5.66.